The number of unbranched alkanes of at least 4 members (excludes halogenated alkanes) is 23. The lowest BCUT2D eigenvalue weighted by Gasteiger charge is -2.23. The topological polar surface area (TPSA) is 89.6 Å². The molecule has 0 bridgehead atoms. The van der Waals surface area contributed by atoms with Crippen molar-refractivity contribution < 1.29 is 14.4 Å². The molecule has 0 aromatic heterocycles. The fourth-order valence-corrected chi connectivity index (χ4v) is 8.30. The molecule has 0 N–H and O–H groups in total. The Bertz CT molecular complexity index is 1350. The second-order valence-electron chi connectivity index (χ2n) is 18.1. The van der Waals surface area contributed by atoms with Crippen LogP contribution in [0.2, 0.25) is 0 Å². The van der Waals surface area contributed by atoms with Crippen LogP contribution in [0.3, 0.4) is 0 Å². The van der Waals surface area contributed by atoms with Crippen molar-refractivity contribution in [1.82, 2.24) is 0 Å². The molecular formula is C53H92N4O4. The number of non-ortho nitro benzene ring substituents is 1. The Hall–Kier alpha value is -3.00. The summed E-state index contributed by atoms with van der Waals surface area (Å²) in [6, 6.07) is 12.8. The SMILES string of the molecule is CCCCCCCCCCCCC(CCCCCCCCCC)COc1cc([N+](=O)[O-])ccc1N=Nc1ccc(N(CC)CCOCC(C)CCCCCCCCCC)cc1. The van der Waals surface area contributed by atoms with Crippen molar-refractivity contribution in [2.45, 2.75) is 221 Å². The van der Waals surface area contributed by atoms with Crippen LogP contribution in [0.15, 0.2) is 52.7 Å². The highest BCUT2D eigenvalue weighted by Crippen LogP contribution is 2.34. The monoisotopic (exact) mass is 849 g/mol. The second-order valence-corrected chi connectivity index (χ2v) is 18.1. The van der Waals surface area contributed by atoms with E-state index in [4.69, 9.17) is 9.47 Å². The zero-order valence-corrected chi connectivity index (χ0v) is 40.2. The van der Waals surface area contributed by atoms with Gasteiger partial charge >= 0.3 is 0 Å². The van der Waals surface area contributed by atoms with Crippen LogP contribution in [0, 0.1) is 22.0 Å². The molecule has 0 saturated carbocycles. The van der Waals surface area contributed by atoms with Crippen LogP contribution in [0.5, 0.6) is 5.75 Å². The summed E-state index contributed by atoms with van der Waals surface area (Å²) in [5.74, 6) is 1.45. The van der Waals surface area contributed by atoms with E-state index >= 15 is 0 Å². The molecule has 0 aliphatic heterocycles. The first-order chi connectivity index (χ1) is 29.9. The summed E-state index contributed by atoms with van der Waals surface area (Å²) in [5, 5.41) is 20.9. The van der Waals surface area contributed by atoms with E-state index in [1.807, 2.05) is 12.1 Å². The predicted octanol–water partition coefficient (Wildman–Crippen LogP) is 17.9. The van der Waals surface area contributed by atoms with Gasteiger partial charge in [0, 0.05) is 31.5 Å². The third kappa shape index (κ3) is 27.6. The summed E-state index contributed by atoms with van der Waals surface area (Å²) in [5.41, 5.74) is 2.38. The van der Waals surface area contributed by atoms with E-state index in [-0.39, 0.29) is 10.6 Å². The molecule has 0 aliphatic rings. The molecule has 0 amide bonds. The highest BCUT2D eigenvalue weighted by molar-refractivity contribution is 5.58. The lowest BCUT2D eigenvalue weighted by atomic mass is 9.94. The van der Waals surface area contributed by atoms with Crippen molar-refractivity contribution in [3.8, 4) is 5.75 Å². The molecule has 2 aromatic carbocycles. The van der Waals surface area contributed by atoms with E-state index in [2.05, 4.69) is 61.9 Å². The number of nitrogens with zero attached hydrogens (tertiary/aromatic N) is 4. The molecule has 0 saturated heterocycles. The number of ether oxygens (including phenoxy) is 2. The average Bonchev–Trinajstić information content (AvgIpc) is 3.27. The van der Waals surface area contributed by atoms with Crippen LogP contribution in [-0.2, 0) is 4.74 Å². The number of benzene rings is 2. The molecule has 0 fully saturated rings. The van der Waals surface area contributed by atoms with E-state index in [1.165, 1.54) is 185 Å². The molecule has 0 spiro atoms. The number of azo groups is 1. The van der Waals surface area contributed by atoms with E-state index in [9.17, 15) is 10.1 Å². The largest absolute Gasteiger partial charge is 0.491 e. The van der Waals surface area contributed by atoms with Gasteiger partial charge in [-0.25, -0.2) is 0 Å². The number of nitro benzene ring substituents is 1. The summed E-state index contributed by atoms with van der Waals surface area (Å²) in [4.78, 5) is 13.7. The lowest BCUT2D eigenvalue weighted by molar-refractivity contribution is -0.384. The molecule has 8 heteroatoms. The zero-order valence-electron chi connectivity index (χ0n) is 40.2. The van der Waals surface area contributed by atoms with Gasteiger partial charge in [-0.15, -0.1) is 5.11 Å². The minimum Gasteiger partial charge on any atom is -0.491 e. The van der Waals surface area contributed by atoms with Crippen molar-refractivity contribution in [2.24, 2.45) is 22.1 Å². The minimum absolute atomic E-state index is 0.00853. The van der Waals surface area contributed by atoms with E-state index in [0.717, 1.165) is 43.9 Å². The molecule has 0 aliphatic carbocycles. The molecular weight excluding hydrogens is 757 g/mol. The summed E-state index contributed by atoms with van der Waals surface area (Å²) in [6.07, 6.45) is 38.1. The van der Waals surface area contributed by atoms with Gasteiger partial charge in [-0.2, -0.15) is 5.11 Å². The number of likely N-dealkylation sites (N-methyl/N-ethyl adjacent to an activating group) is 1. The number of rotatable bonds is 42. The van der Waals surface area contributed by atoms with Gasteiger partial charge in [0.2, 0.25) is 0 Å². The number of anilines is 1. The summed E-state index contributed by atoms with van der Waals surface area (Å²) in [7, 11) is 0. The van der Waals surface area contributed by atoms with Crippen molar-refractivity contribution in [3.05, 3.63) is 52.6 Å². The fourth-order valence-electron chi connectivity index (χ4n) is 8.30. The Morgan fingerprint density at radius 2 is 1.07 bits per heavy atom. The van der Waals surface area contributed by atoms with Crippen LogP contribution in [0.4, 0.5) is 22.7 Å². The van der Waals surface area contributed by atoms with Crippen molar-refractivity contribution in [3.63, 3.8) is 0 Å². The lowest BCUT2D eigenvalue weighted by Crippen LogP contribution is -2.27. The molecule has 2 aromatic rings. The predicted molar refractivity (Wildman–Crippen MR) is 261 cm³/mol. The van der Waals surface area contributed by atoms with Gasteiger partial charge in [-0.1, -0.05) is 195 Å². The maximum Gasteiger partial charge on any atom is 0.273 e. The van der Waals surface area contributed by atoms with Crippen molar-refractivity contribution >= 4 is 22.7 Å². The molecule has 0 radical (unpaired) electrons. The van der Waals surface area contributed by atoms with E-state index in [0.29, 0.717) is 36.5 Å². The maximum atomic E-state index is 11.8. The molecule has 2 atom stereocenters. The Kier molecular flexibility index (Phi) is 33.3. The summed E-state index contributed by atoms with van der Waals surface area (Å²) < 4.78 is 12.6. The van der Waals surface area contributed by atoms with Gasteiger partial charge < -0.3 is 14.4 Å². The number of nitro groups is 1. The van der Waals surface area contributed by atoms with Gasteiger partial charge in [-0.3, -0.25) is 10.1 Å². The maximum absolute atomic E-state index is 11.8. The first-order valence-electron chi connectivity index (χ1n) is 25.7. The highest BCUT2D eigenvalue weighted by atomic mass is 16.6. The van der Waals surface area contributed by atoms with Crippen LogP contribution in [0.25, 0.3) is 0 Å². The Morgan fingerprint density at radius 3 is 1.54 bits per heavy atom. The van der Waals surface area contributed by atoms with E-state index in [1.54, 1.807) is 6.07 Å². The number of hydrogen-bond acceptors (Lipinski definition) is 7. The average molecular weight is 849 g/mol. The second kappa shape index (κ2) is 37.5. The first kappa shape index (κ1) is 54.1. The highest BCUT2D eigenvalue weighted by Gasteiger charge is 2.16. The fraction of sp³-hybridized carbons (Fsp3) is 0.774. The van der Waals surface area contributed by atoms with Crippen LogP contribution in [-0.4, -0.2) is 37.8 Å². The van der Waals surface area contributed by atoms with Crippen LogP contribution in [0.1, 0.15) is 221 Å². The standard InChI is InChI=1S/C53H92N4O4/c1-6-10-13-16-19-22-23-26-29-32-35-48(34-31-28-25-21-18-15-12-8-3)46-61-53-44-51(57(58)59)40-41-52(53)55-54-49-36-38-50(39-37-49)56(9-4)42-43-60-45-47(5)33-30-27-24-20-17-14-11-7-2/h36-41,44,47-48H,6-35,42-43,45-46H2,1-5H3. The molecule has 2 unspecified atom stereocenters. The molecule has 8 nitrogen and oxygen atoms in total. The Morgan fingerprint density at radius 1 is 0.590 bits per heavy atom. The van der Waals surface area contributed by atoms with Gasteiger partial charge in [0.25, 0.3) is 5.69 Å². The number of hydrogen-bond donors (Lipinski definition) is 0. The first-order valence-corrected chi connectivity index (χ1v) is 25.7. The van der Waals surface area contributed by atoms with E-state index < -0.39 is 0 Å². The smallest absolute Gasteiger partial charge is 0.273 e. The third-order valence-electron chi connectivity index (χ3n) is 12.4. The van der Waals surface area contributed by atoms with Gasteiger partial charge in [0.1, 0.15) is 5.69 Å². The van der Waals surface area contributed by atoms with Gasteiger partial charge in [0.15, 0.2) is 5.75 Å². The Labute approximate surface area is 375 Å². The van der Waals surface area contributed by atoms with Crippen molar-refractivity contribution in [1.29, 1.82) is 0 Å². The zero-order chi connectivity index (χ0) is 44.0. The molecule has 348 valence electrons. The molecule has 61 heavy (non-hydrogen) atoms. The third-order valence-corrected chi connectivity index (χ3v) is 12.4. The molecule has 0 heterocycles. The molecule has 2 rings (SSSR count). The van der Waals surface area contributed by atoms with Crippen LogP contribution >= 0.6 is 0 Å². The van der Waals surface area contributed by atoms with Gasteiger partial charge in [-0.05, 0) is 68.4 Å². The minimum atomic E-state index is -0.364. The summed E-state index contributed by atoms with van der Waals surface area (Å²) >= 11 is 0. The van der Waals surface area contributed by atoms with Crippen LogP contribution < -0.4 is 9.64 Å². The normalized spacial score (nSPS) is 12.6. The van der Waals surface area contributed by atoms with Crippen molar-refractivity contribution in [2.75, 3.05) is 37.8 Å². The quantitative estimate of drug-likeness (QED) is 0.0287. The van der Waals surface area contributed by atoms with Gasteiger partial charge in [0.05, 0.1) is 29.9 Å². The Balaban J connectivity index is 1.92. The summed E-state index contributed by atoms with van der Waals surface area (Å²) in [6.45, 7) is 15.1.